The van der Waals surface area contributed by atoms with Crippen LogP contribution in [0.3, 0.4) is 0 Å². The second kappa shape index (κ2) is 4.42. The van der Waals surface area contributed by atoms with Crippen LogP contribution in [0.5, 0.6) is 5.75 Å². The smallest absolute Gasteiger partial charge is 0.165 e. The Morgan fingerprint density at radius 2 is 1.64 bits per heavy atom. The average molecular weight is 184 g/mol. The molecule has 2 heteroatoms. The summed E-state index contributed by atoms with van der Waals surface area (Å²) in [5.41, 5.74) is 1.05. The minimum Gasteiger partial charge on any atom is -0.481 e. The Hall–Kier alpha value is -1.83. The van der Waals surface area contributed by atoms with Crippen molar-refractivity contribution in [3.8, 4) is 5.75 Å². The number of hydrogen-bond donors (Lipinski definition) is 0. The summed E-state index contributed by atoms with van der Waals surface area (Å²) in [5, 5.41) is 0. The number of aromatic nitrogens is 1. The van der Waals surface area contributed by atoms with Crippen LogP contribution in [0.4, 0.5) is 0 Å². The molecule has 2 aromatic rings. The summed E-state index contributed by atoms with van der Waals surface area (Å²) in [6.07, 6.45) is 3.41. The Morgan fingerprint density at radius 1 is 0.929 bits per heavy atom. The van der Waals surface area contributed by atoms with Crippen LogP contribution in [0.25, 0.3) is 0 Å². The molecule has 1 aromatic heterocycles. The molecule has 1 aromatic carbocycles. The normalized spacial score (nSPS) is 9.71. The van der Waals surface area contributed by atoms with Crippen LogP contribution in [-0.4, -0.2) is 4.98 Å². The summed E-state index contributed by atoms with van der Waals surface area (Å²) in [4.78, 5) is 3.91. The summed E-state index contributed by atoms with van der Waals surface area (Å²) in [7, 11) is 0. The van der Waals surface area contributed by atoms with E-state index in [1.165, 1.54) is 0 Å². The third kappa shape index (κ3) is 2.33. The third-order valence-corrected chi connectivity index (χ3v) is 1.78. The van der Waals surface area contributed by atoms with Crippen LogP contribution >= 0.6 is 0 Å². The number of rotatable bonds is 3. The van der Waals surface area contributed by atoms with E-state index < -0.39 is 0 Å². The number of ether oxygens (including phenoxy) is 1. The molecule has 1 radical (unpaired) electrons. The maximum absolute atomic E-state index is 5.43. The van der Waals surface area contributed by atoms with Crippen molar-refractivity contribution in [3.05, 3.63) is 67.0 Å². The highest BCUT2D eigenvalue weighted by molar-refractivity contribution is 5.24. The van der Waals surface area contributed by atoms with Gasteiger partial charge in [0.2, 0.25) is 0 Å². The van der Waals surface area contributed by atoms with Gasteiger partial charge in [0.25, 0.3) is 0 Å². The van der Waals surface area contributed by atoms with Crippen molar-refractivity contribution < 1.29 is 4.74 Å². The van der Waals surface area contributed by atoms with Crippen LogP contribution < -0.4 is 4.74 Å². The fourth-order valence-electron chi connectivity index (χ4n) is 1.08. The van der Waals surface area contributed by atoms with Gasteiger partial charge in [-0.05, 0) is 17.7 Å². The zero-order chi connectivity index (χ0) is 9.64. The molecule has 14 heavy (non-hydrogen) atoms. The zero-order valence-corrected chi connectivity index (χ0v) is 7.63. The van der Waals surface area contributed by atoms with Crippen LogP contribution in [0.15, 0.2) is 54.9 Å². The monoisotopic (exact) mass is 184 g/mol. The second-order valence-corrected chi connectivity index (χ2v) is 2.83. The van der Waals surface area contributed by atoms with Gasteiger partial charge < -0.3 is 4.74 Å². The van der Waals surface area contributed by atoms with Crippen LogP contribution in [0.2, 0.25) is 0 Å². The van der Waals surface area contributed by atoms with Gasteiger partial charge in [-0.2, -0.15) is 0 Å². The Morgan fingerprint density at radius 3 is 2.36 bits per heavy atom. The van der Waals surface area contributed by atoms with E-state index in [0.29, 0.717) is 0 Å². The molecule has 1 heterocycles. The van der Waals surface area contributed by atoms with E-state index in [2.05, 4.69) is 4.98 Å². The Balaban J connectivity index is 1.96. The molecule has 0 aliphatic rings. The van der Waals surface area contributed by atoms with Crippen molar-refractivity contribution in [2.75, 3.05) is 0 Å². The predicted molar refractivity (Wildman–Crippen MR) is 54.7 cm³/mol. The number of pyridine rings is 1. The first-order chi connectivity index (χ1) is 6.95. The maximum Gasteiger partial charge on any atom is 0.165 e. The minimum atomic E-state index is 0.795. The molecule has 2 nitrogen and oxygen atoms in total. The molecule has 0 atom stereocenters. The van der Waals surface area contributed by atoms with Gasteiger partial charge in [-0.1, -0.05) is 30.3 Å². The molecule has 0 bridgehead atoms. The SMILES string of the molecule is [CH](Oc1ccncc1)c1ccccc1. The van der Waals surface area contributed by atoms with E-state index in [1.807, 2.05) is 42.5 Å². The lowest BCUT2D eigenvalue weighted by Gasteiger charge is -2.03. The molecular weight excluding hydrogens is 174 g/mol. The second-order valence-electron chi connectivity index (χ2n) is 2.83. The van der Waals surface area contributed by atoms with Gasteiger partial charge >= 0.3 is 0 Å². The largest absolute Gasteiger partial charge is 0.481 e. The first kappa shape index (κ1) is 8.75. The summed E-state index contributed by atoms with van der Waals surface area (Å²) < 4.78 is 5.43. The van der Waals surface area contributed by atoms with Crippen molar-refractivity contribution in [2.45, 2.75) is 0 Å². The third-order valence-electron chi connectivity index (χ3n) is 1.78. The van der Waals surface area contributed by atoms with Crippen LogP contribution in [-0.2, 0) is 0 Å². The molecular formula is C12H10NO. The highest BCUT2D eigenvalue weighted by Crippen LogP contribution is 2.11. The van der Waals surface area contributed by atoms with Gasteiger partial charge in [-0.15, -0.1) is 0 Å². The zero-order valence-electron chi connectivity index (χ0n) is 7.63. The predicted octanol–water partition coefficient (Wildman–Crippen LogP) is 2.67. The Kier molecular flexibility index (Phi) is 2.76. The van der Waals surface area contributed by atoms with Crippen LogP contribution in [0.1, 0.15) is 5.56 Å². The van der Waals surface area contributed by atoms with Crippen molar-refractivity contribution in [1.29, 1.82) is 0 Å². The van der Waals surface area contributed by atoms with E-state index in [0.717, 1.165) is 11.3 Å². The fraction of sp³-hybridized carbons (Fsp3) is 0. The van der Waals surface area contributed by atoms with Gasteiger partial charge in [0.1, 0.15) is 5.75 Å². The van der Waals surface area contributed by atoms with E-state index in [-0.39, 0.29) is 0 Å². The summed E-state index contributed by atoms with van der Waals surface area (Å²) in [5.74, 6) is 0.795. The first-order valence-corrected chi connectivity index (χ1v) is 4.40. The van der Waals surface area contributed by atoms with E-state index in [1.54, 1.807) is 19.0 Å². The molecule has 0 spiro atoms. The highest BCUT2D eigenvalue weighted by atomic mass is 16.5. The van der Waals surface area contributed by atoms with Gasteiger partial charge in [0.15, 0.2) is 6.61 Å². The van der Waals surface area contributed by atoms with E-state index >= 15 is 0 Å². The molecule has 0 saturated carbocycles. The first-order valence-electron chi connectivity index (χ1n) is 4.40. The molecule has 0 unspecified atom stereocenters. The molecule has 2 rings (SSSR count). The molecule has 0 saturated heterocycles. The topological polar surface area (TPSA) is 22.1 Å². The number of hydrogen-bond acceptors (Lipinski definition) is 2. The lowest BCUT2D eigenvalue weighted by molar-refractivity contribution is 0.428. The van der Waals surface area contributed by atoms with Gasteiger partial charge in [-0.25, -0.2) is 0 Å². The van der Waals surface area contributed by atoms with Gasteiger partial charge in [-0.3, -0.25) is 4.98 Å². The Labute approximate surface area is 83.2 Å². The van der Waals surface area contributed by atoms with E-state index in [4.69, 9.17) is 4.74 Å². The fourth-order valence-corrected chi connectivity index (χ4v) is 1.08. The number of benzene rings is 1. The van der Waals surface area contributed by atoms with Crippen molar-refractivity contribution in [1.82, 2.24) is 4.98 Å². The average Bonchev–Trinajstić information content (AvgIpc) is 2.29. The standard InChI is InChI=1S/C12H10NO/c1-2-4-11(5-3-1)10-14-12-6-8-13-9-7-12/h1-10H. The lowest BCUT2D eigenvalue weighted by Crippen LogP contribution is -1.91. The Bertz CT molecular complexity index is 333. The minimum absolute atomic E-state index is 0.795. The van der Waals surface area contributed by atoms with Crippen LogP contribution in [0, 0.1) is 6.61 Å². The lowest BCUT2D eigenvalue weighted by atomic mass is 10.2. The van der Waals surface area contributed by atoms with Gasteiger partial charge in [0.05, 0.1) is 0 Å². The molecule has 0 fully saturated rings. The molecule has 69 valence electrons. The molecule has 0 aliphatic carbocycles. The van der Waals surface area contributed by atoms with Gasteiger partial charge in [0, 0.05) is 12.4 Å². The summed E-state index contributed by atoms with van der Waals surface area (Å²) >= 11 is 0. The van der Waals surface area contributed by atoms with E-state index in [9.17, 15) is 0 Å². The number of nitrogens with zero attached hydrogens (tertiary/aromatic N) is 1. The molecule has 0 aliphatic heterocycles. The van der Waals surface area contributed by atoms with Crippen molar-refractivity contribution in [3.63, 3.8) is 0 Å². The summed E-state index contributed by atoms with van der Waals surface area (Å²) in [6, 6.07) is 13.5. The highest BCUT2D eigenvalue weighted by Gasteiger charge is 1.94. The quantitative estimate of drug-likeness (QED) is 0.731. The molecule has 0 amide bonds. The maximum atomic E-state index is 5.43. The molecule has 0 N–H and O–H groups in total. The van der Waals surface area contributed by atoms with Crippen molar-refractivity contribution in [2.24, 2.45) is 0 Å². The summed E-state index contributed by atoms with van der Waals surface area (Å²) in [6.45, 7) is 1.72. The van der Waals surface area contributed by atoms with Crippen molar-refractivity contribution >= 4 is 0 Å².